The fraction of sp³-hybridized carbons (Fsp3) is 0.143. The predicted octanol–water partition coefficient (Wildman–Crippen LogP) is 24.9. The Balaban J connectivity index is 0.000000112. The molecule has 0 spiro atoms. The van der Waals surface area contributed by atoms with Gasteiger partial charge in [0.15, 0.2) is 47.9 Å². The molecule has 0 radical (unpaired) electrons. The smallest absolute Gasteiger partial charge is 0.229 e. The Kier molecular flexibility index (Phi) is 20.8. The van der Waals surface area contributed by atoms with Crippen molar-refractivity contribution in [2.45, 2.75) is 69.2 Å². The number of rotatable bonds is 5. The van der Waals surface area contributed by atoms with Crippen LogP contribution in [0, 0.1) is 112 Å². The monoisotopic (exact) mass is 1570 g/mol. The van der Waals surface area contributed by atoms with Crippen molar-refractivity contribution in [2.75, 3.05) is 0 Å². The van der Waals surface area contributed by atoms with E-state index in [4.69, 9.17) is 41.8 Å². The van der Waals surface area contributed by atoms with Crippen LogP contribution in [0.4, 0.5) is 17.1 Å². The van der Waals surface area contributed by atoms with Gasteiger partial charge in [0, 0.05) is 115 Å². The Morgan fingerprint density at radius 3 is 1.15 bits per heavy atom. The van der Waals surface area contributed by atoms with Gasteiger partial charge in [0.1, 0.15) is 91.6 Å². The first kappa shape index (κ1) is 78.3. The van der Waals surface area contributed by atoms with Crippen LogP contribution in [0.1, 0.15) is 66.8 Å². The van der Waals surface area contributed by atoms with Crippen LogP contribution in [-0.2, 0) is 35.2 Å². The van der Waals surface area contributed by atoms with Gasteiger partial charge in [-0.25, -0.2) is 37.4 Å². The first-order valence-electron chi connectivity index (χ1n) is 39.5. The molecule has 580 valence electrons. The molecule has 0 unspecified atom stereocenters. The lowest BCUT2D eigenvalue weighted by Crippen LogP contribution is -2.30. The van der Waals surface area contributed by atoms with Gasteiger partial charge in [-0.2, -0.15) is 10.5 Å². The van der Waals surface area contributed by atoms with Gasteiger partial charge in [0.05, 0.1) is 64.7 Å². The lowest BCUT2D eigenvalue weighted by Gasteiger charge is -2.10. The fourth-order valence-electron chi connectivity index (χ4n) is 16.9. The maximum absolute atomic E-state index is 9.74. The summed E-state index contributed by atoms with van der Waals surface area (Å²) in [5, 5.41) is 29.5. The summed E-state index contributed by atoms with van der Waals surface area (Å²) in [6.07, 6.45) is 10.2. The highest BCUT2D eigenvalue weighted by Crippen LogP contribution is 2.47. The molecule has 20 aromatic rings. The van der Waals surface area contributed by atoms with Gasteiger partial charge in [0.2, 0.25) is 34.2 Å². The van der Waals surface area contributed by atoms with E-state index >= 15 is 0 Å². The summed E-state index contributed by atoms with van der Waals surface area (Å²) in [5.74, 6) is 0. The molecule has 10 aromatic heterocycles. The van der Waals surface area contributed by atoms with Crippen molar-refractivity contribution in [3.8, 4) is 68.4 Å². The van der Waals surface area contributed by atoms with Crippen molar-refractivity contribution in [3.05, 3.63) is 344 Å². The van der Waals surface area contributed by atoms with Crippen molar-refractivity contribution in [1.82, 2.24) is 0 Å². The van der Waals surface area contributed by atoms with E-state index in [0.717, 1.165) is 155 Å². The molecule has 0 saturated carbocycles. The standard InChI is InChI=1S/5C21H17N2O/c1-13-12-18-20(15-8-7-9-16(22-3)21(15)24-18)19(14(13)2)17-10-5-6-11-23(17)4;1-13-11-19-21(16-12-15(22-3)8-9-18(16)24-19)20(14(13)2)17-7-5-6-10-23(17)4;1-13-11-19-21(16-9-8-15(22-3)12-18(16)24-19)20(14(13)2)17-7-5-6-10-23(17)4;1-13-11-18-21(20-15(12-22)7-6-9-17(20)24-18)19(14(13)2)16-8-4-5-10-23(16)3;1-13-14(2)19(17-9-6-7-11-23(17)3)21-20(16(13)12-22)15-8-4-5-10-18(15)24-21/h3*5-12H,1-2,4H3;2*4-11H,1-3H3/q5*+1. The third-order valence-corrected chi connectivity index (χ3v) is 23.7. The number of fused-ring (bicyclic) bond motifs is 15. The maximum Gasteiger partial charge on any atom is 0.229 e. The summed E-state index contributed by atoms with van der Waals surface area (Å²) in [4.78, 5) is 10.7. The summed E-state index contributed by atoms with van der Waals surface area (Å²) in [6, 6.07) is 74.5. The number of nitrogens with zero attached hydrogens (tertiary/aromatic N) is 10. The number of nitriles is 2. The molecule has 120 heavy (non-hydrogen) atoms. The molecular weight excluding hydrogens is 1480 g/mol. The number of furan rings is 5. The van der Waals surface area contributed by atoms with E-state index in [0.29, 0.717) is 33.8 Å². The molecule has 0 aliphatic carbocycles. The molecule has 10 aromatic carbocycles. The van der Waals surface area contributed by atoms with E-state index in [-0.39, 0.29) is 0 Å². The minimum Gasteiger partial charge on any atom is -0.467 e. The minimum atomic E-state index is 0.558. The van der Waals surface area contributed by atoms with E-state index in [2.05, 4.69) is 224 Å². The second kappa shape index (κ2) is 31.9. The number of hydrogen-bond acceptors (Lipinski definition) is 7. The number of aromatic nitrogens is 5. The van der Waals surface area contributed by atoms with Crippen molar-refractivity contribution in [3.63, 3.8) is 0 Å². The Morgan fingerprint density at radius 1 is 0.275 bits per heavy atom. The summed E-state index contributed by atoms with van der Waals surface area (Å²) in [7, 11) is 10.2. The number of para-hydroxylation sites is 2. The third kappa shape index (κ3) is 13.6. The van der Waals surface area contributed by atoms with Gasteiger partial charge in [-0.05, 0) is 216 Å². The lowest BCUT2D eigenvalue weighted by atomic mass is 9.92. The second-order valence-corrected chi connectivity index (χ2v) is 30.7. The Hall–Kier alpha value is -15.6. The lowest BCUT2D eigenvalue weighted by molar-refractivity contribution is -0.660. The average molecular weight is 1570 g/mol. The van der Waals surface area contributed by atoms with Gasteiger partial charge < -0.3 is 22.1 Å². The zero-order valence-electron chi connectivity index (χ0n) is 69.6. The second-order valence-electron chi connectivity index (χ2n) is 30.7. The van der Waals surface area contributed by atoms with E-state index in [1.807, 2.05) is 161 Å². The summed E-state index contributed by atoms with van der Waals surface area (Å²) in [6.45, 7) is 43.0. The van der Waals surface area contributed by atoms with E-state index in [1.165, 1.54) is 61.2 Å². The van der Waals surface area contributed by atoms with Crippen LogP contribution in [0.15, 0.2) is 265 Å². The largest absolute Gasteiger partial charge is 0.467 e. The minimum absolute atomic E-state index is 0.558. The number of aryl methyl sites for hydroxylation is 9. The molecule has 0 amide bonds. The van der Waals surface area contributed by atoms with Gasteiger partial charge in [-0.3, -0.25) is 0 Å². The van der Waals surface area contributed by atoms with Crippen LogP contribution < -0.4 is 22.8 Å². The van der Waals surface area contributed by atoms with Crippen LogP contribution in [0.2, 0.25) is 0 Å². The molecule has 15 heteroatoms. The molecule has 20 rings (SSSR count). The molecule has 0 saturated heterocycles. The molecule has 0 aliphatic heterocycles. The first-order chi connectivity index (χ1) is 58.1. The summed E-state index contributed by atoms with van der Waals surface area (Å²) < 4.78 is 41.1. The Morgan fingerprint density at radius 2 is 0.658 bits per heavy atom. The highest BCUT2D eigenvalue weighted by Gasteiger charge is 2.30. The van der Waals surface area contributed by atoms with Crippen LogP contribution in [0.5, 0.6) is 0 Å². The Labute approximate surface area is 695 Å². The van der Waals surface area contributed by atoms with Crippen LogP contribution >= 0.6 is 0 Å². The first-order valence-corrected chi connectivity index (χ1v) is 39.5. The highest BCUT2D eigenvalue weighted by molar-refractivity contribution is 6.19. The number of pyridine rings is 5. The quantitative estimate of drug-likeness (QED) is 0.123. The number of hydrogen-bond donors (Lipinski definition) is 0. The molecular formula is C105H85N10O5+5. The zero-order chi connectivity index (χ0) is 84.2. The van der Waals surface area contributed by atoms with Gasteiger partial charge in [0.25, 0.3) is 0 Å². The number of benzene rings is 10. The Bertz CT molecular complexity index is 7800. The van der Waals surface area contributed by atoms with Gasteiger partial charge >= 0.3 is 0 Å². The topological polar surface area (TPSA) is 146 Å². The molecule has 10 heterocycles. The molecule has 0 N–H and O–H groups in total. The van der Waals surface area contributed by atoms with Crippen molar-refractivity contribution >= 4 is 127 Å². The SMILES string of the molecule is Cc1c(C)c(C#N)c2c(oc3ccccc32)c1-c1cccc[n+]1C.Cc1cc2oc3cccc(C#N)c3c2c(-c2cccc[n+]2C)c1C.[C-]#[N+]c1ccc2c(c1)oc1cc(C)c(C)c(-c3cccc[n+]3C)c12.[C-]#[N+]c1ccc2oc3cc(C)c(C)c(-c4cccc[n+]4C)c3c2c1.[C-]#[N+]c1cccc2c1oc1cc(C)c(C)c(-c3cccc[n+]3C)c12. The van der Waals surface area contributed by atoms with E-state index in [9.17, 15) is 10.5 Å². The molecule has 0 aliphatic rings. The average Bonchev–Trinajstić information content (AvgIpc) is 1.60. The van der Waals surface area contributed by atoms with Crippen LogP contribution in [0.25, 0.3) is 181 Å². The van der Waals surface area contributed by atoms with Crippen LogP contribution in [-0.4, -0.2) is 0 Å². The van der Waals surface area contributed by atoms with Crippen molar-refractivity contribution in [2.24, 2.45) is 35.2 Å². The maximum atomic E-state index is 9.74. The van der Waals surface area contributed by atoms with Gasteiger partial charge in [-0.1, -0.05) is 60.7 Å². The zero-order valence-corrected chi connectivity index (χ0v) is 69.6. The molecule has 0 bridgehead atoms. The van der Waals surface area contributed by atoms with E-state index in [1.54, 1.807) is 12.1 Å². The molecule has 0 atom stereocenters. The van der Waals surface area contributed by atoms with E-state index < -0.39 is 0 Å². The molecule has 15 nitrogen and oxygen atoms in total. The fourth-order valence-corrected chi connectivity index (χ4v) is 16.9. The summed E-state index contributed by atoms with van der Waals surface area (Å²) in [5.41, 5.74) is 34.3. The normalized spacial score (nSPS) is 11.1. The predicted molar refractivity (Wildman–Crippen MR) is 477 cm³/mol. The highest BCUT2D eigenvalue weighted by atomic mass is 16.3. The molecule has 0 fully saturated rings. The van der Waals surface area contributed by atoms with Gasteiger partial charge in [-0.15, -0.1) is 0 Å². The van der Waals surface area contributed by atoms with Crippen LogP contribution in [0.3, 0.4) is 0 Å². The van der Waals surface area contributed by atoms with Crippen molar-refractivity contribution in [1.29, 1.82) is 10.5 Å². The third-order valence-electron chi connectivity index (χ3n) is 23.7. The van der Waals surface area contributed by atoms with Crippen molar-refractivity contribution < 1.29 is 44.9 Å². The summed E-state index contributed by atoms with van der Waals surface area (Å²) >= 11 is 0.